The third kappa shape index (κ3) is 4.43. The summed E-state index contributed by atoms with van der Waals surface area (Å²) in [5, 5.41) is 3.06. The van der Waals surface area contributed by atoms with Gasteiger partial charge in [0.2, 0.25) is 5.91 Å². The Balaban J connectivity index is 1.84. The Morgan fingerprint density at radius 3 is 2.53 bits per heavy atom. The lowest BCUT2D eigenvalue weighted by atomic mass is 9.95. The molecule has 1 aliphatic carbocycles. The van der Waals surface area contributed by atoms with Crippen LogP contribution in [0.2, 0.25) is 0 Å². The minimum Gasteiger partial charge on any atom is -0.497 e. The Hall–Kier alpha value is -1.77. The number of hydrogen-bond acceptors (Lipinski definition) is 2. The largest absolute Gasteiger partial charge is 0.497 e. The van der Waals surface area contributed by atoms with Crippen LogP contribution in [0.5, 0.6) is 5.75 Å². The number of benzene rings is 1. The van der Waals surface area contributed by atoms with Crippen molar-refractivity contribution in [2.45, 2.75) is 38.1 Å². The molecule has 102 valence electrons. The van der Waals surface area contributed by atoms with E-state index in [1.807, 2.05) is 30.3 Å². The van der Waals surface area contributed by atoms with Gasteiger partial charge in [0.15, 0.2) is 0 Å². The fourth-order valence-corrected chi connectivity index (χ4v) is 2.38. The van der Waals surface area contributed by atoms with E-state index in [0.29, 0.717) is 6.04 Å². The molecule has 1 aliphatic rings. The molecule has 1 fully saturated rings. The van der Waals surface area contributed by atoms with Gasteiger partial charge in [-0.15, -0.1) is 0 Å². The second kappa shape index (κ2) is 6.98. The van der Waals surface area contributed by atoms with Crippen molar-refractivity contribution < 1.29 is 9.53 Å². The van der Waals surface area contributed by atoms with Crippen molar-refractivity contribution >= 4 is 12.0 Å². The number of rotatable bonds is 4. The van der Waals surface area contributed by atoms with Crippen LogP contribution in [0.1, 0.15) is 37.7 Å². The molecule has 0 heterocycles. The molecule has 1 saturated carbocycles. The van der Waals surface area contributed by atoms with Gasteiger partial charge in [0.1, 0.15) is 5.75 Å². The molecule has 3 nitrogen and oxygen atoms in total. The average molecular weight is 259 g/mol. The second-order valence-electron chi connectivity index (χ2n) is 4.95. The predicted molar refractivity (Wildman–Crippen MR) is 77.0 cm³/mol. The van der Waals surface area contributed by atoms with E-state index in [4.69, 9.17) is 4.74 Å². The zero-order chi connectivity index (χ0) is 13.5. The Morgan fingerprint density at radius 2 is 1.89 bits per heavy atom. The first-order valence-corrected chi connectivity index (χ1v) is 6.90. The highest BCUT2D eigenvalue weighted by Crippen LogP contribution is 2.17. The summed E-state index contributed by atoms with van der Waals surface area (Å²) in [6, 6.07) is 8.01. The van der Waals surface area contributed by atoms with Crippen molar-refractivity contribution in [1.82, 2.24) is 5.32 Å². The van der Waals surface area contributed by atoms with Crippen LogP contribution in [0.3, 0.4) is 0 Å². The molecule has 0 radical (unpaired) electrons. The fraction of sp³-hybridized carbons (Fsp3) is 0.438. The molecular weight excluding hydrogens is 238 g/mol. The zero-order valence-electron chi connectivity index (χ0n) is 11.4. The normalized spacial score (nSPS) is 16.5. The number of ether oxygens (including phenoxy) is 1. The molecule has 0 aliphatic heterocycles. The van der Waals surface area contributed by atoms with Crippen molar-refractivity contribution in [3.63, 3.8) is 0 Å². The number of carbonyl (C=O) groups is 1. The molecule has 1 aromatic rings. The van der Waals surface area contributed by atoms with Crippen molar-refractivity contribution in [3.05, 3.63) is 35.9 Å². The van der Waals surface area contributed by atoms with Crippen molar-refractivity contribution in [2.75, 3.05) is 7.11 Å². The molecule has 0 atom stereocenters. The lowest BCUT2D eigenvalue weighted by Crippen LogP contribution is -2.34. The summed E-state index contributed by atoms with van der Waals surface area (Å²) in [5.74, 6) is 0.825. The highest BCUT2D eigenvalue weighted by molar-refractivity contribution is 5.91. The molecule has 3 heteroatoms. The van der Waals surface area contributed by atoms with Gasteiger partial charge in [-0.1, -0.05) is 31.4 Å². The summed E-state index contributed by atoms with van der Waals surface area (Å²) in [5.41, 5.74) is 1.000. The van der Waals surface area contributed by atoms with Gasteiger partial charge in [0, 0.05) is 12.1 Å². The number of amides is 1. The maximum absolute atomic E-state index is 11.8. The standard InChI is InChI=1S/C16H21NO2/c1-19-15-10-7-13(8-11-15)9-12-16(18)17-14-5-3-2-4-6-14/h7-12,14H,2-6H2,1H3,(H,17,18). The van der Waals surface area contributed by atoms with E-state index in [1.54, 1.807) is 13.2 Å². The summed E-state index contributed by atoms with van der Waals surface area (Å²) in [6.45, 7) is 0. The molecule has 1 amide bonds. The first-order valence-electron chi connectivity index (χ1n) is 6.90. The summed E-state index contributed by atoms with van der Waals surface area (Å²) in [4.78, 5) is 11.8. The molecule has 1 aromatic carbocycles. The van der Waals surface area contributed by atoms with Crippen LogP contribution in [0.15, 0.2) is 30.3 Å². The molecule has 2 rings (SSSR count). The Bertz CT molecular complexity index is 431. The van der Waals surface area contributed by atoms with Gasteiger partial charge < -0.3 is 10.1 Å². The third-order valence-electron chi connectivity index (χ3n) is 3.49. The third-order valence-corrected chi connectivity index (χ3v) is 3.49. The topological polar surface area (TPSA) is 38.3 Å². The summed E-state index contributed by atoms with van der Waals surface area (Å²) >= 11 is 0. The van der Waals surface area contributed by atoms with E-state index < -0.39 is 0 Å². The molecular formula is C16H21NO2. The molecule has 0 aromatic heterocycles. The summed E-state index contributed by atoms with van der Waals surface area (Å²) in [6.07, 6.45) is 9.42. The zero-order valence-corrected chi connectivity index (χ0v) is 11.4. The maximum atomic E-state index is 11.8. The highest BCUT2D eigenvalue weighted by atomic mass is 16.5. The van der Waals surface area contributed by atoms with Crippen molar-refractivity contribution in [2.24, 2.45) is 0 Å². The van der Waals surface area contributed by atoms with Crippen LogP contribution in [0.25, 0.3) is 6.08 Å². The smallest absolute Gasteiger partial charge is 0.244 e. The monoisotopic (exact) mass is 259 g/mol. The van der Waals surface area contributed by atoms with Gasteiger partial charge in [-0.2, -0.15) is 0 Å². The van der Waals surface area contributed by atoms with Gasteiger partial charge in [-0.05, 0) is 36.6 Å². The lowest BCUT2D eigenvalue weighted by molar-refractivity contribution is -0.117. The van der Waals surface area contributed by atoms with Crippen LogP contribution in [-0.4, -0.2) is 19.1 Å². The van der Waals surface area contributed by atoms with Crippen molar-refractivity contribution in [3.8, 4) is 5.75 Å². The lowest BCUT2D eigenvalue weighted by Gasteiger charge is -2.21. The summed E-state index contributed by atoms with van der Waals surface area (Å²) < 4.78 is 5.09. The minimum absolute atomic E-state index is 0.00252. The van der Waals surface area contributed by atoms with E-state index >= 15 is 0 Å². The quantitative estimate of drug-likeness (QED) is 0.843. The van der Waals surface area contributed by atoms with Crippen LogP contribution in [-0.2, 0) is 4.79 Å². The first kappa shape index (κ1) is 13.7. The van der Waals surface area contributed by atoms with Crippen LogP contribution in [0, 0.1) is 0 Å². The molecule has 0 unspecified atom stereocenters. The average Bonchev–Trinajstić information content (AvgIpc) is 2.47. The Morgan fingerprint density at radius 1 is 1.21 bits per heavy atom. The van der Waals surface area contributed by atoms with Gasteiger partial charge in [0.25, 0.3) is 0 Å². The SMILES string of the molecule is COc1ccc(C=CC(=O)NC2CCCCC2)cc1. The highest BCUT2D eigenvalue weighted by Gasteiger charge is 2.13. The molecule has 1 N–H and O–H groups in total. The number of nitrogens with one attached hydrogen (secondary N) is 1. The van der Waals surface area contributed by atoms with E-state index in [0.717, 1.165) is 24.2 Å². The fourth-order valence-electron chi connectivity index (χ4n) is 2.38. The van der Waals surface area contributed by atoms with E-state index in [9.17, 15) is 4.79 Å². The van der Waals surface area contributed by atoms with Crippen molar-refractivity contribution in [1.29, 1.82) is 0 Å². The molecule has 0 spiro atoms. The van der Waals surface area contributed by atoms with Gasteiger partial charge in [-0.3, -0.25) is 4.79 Å². The van der Waals surface area contributed by atoms with Gasteiger partial charge in [-0.25, -0.2) is 0 Å². The maximum Gasteiger partial charge on any atom is 0.244 e. The van der Waals surface area contributed by atoms with Crippen LogP contribution in [0.4, 0.5) is 0 Å². The first-order chi connectivity index (χ1) is 9.28. The van der Waals surface area contributed by atoms with E-state index in [-0.39, 0.29) is 5.91 Å². The van der Waals surface area contributed by atoms with Gasteiger partial charge >= 0.3 is 0 Å². The number of hydrogen-bond donors (Lipinski definition) is 1. The Labute approximate surface area is 114 Å². The minimum atomic E-state index is 0.00252. The van der Waals surface area contributed by atoms with E-state index in [1.165, 1.54) is 19.3 Å². The van der Waals surface area contributed by atoms with Crippen LogP contribution < -0.4 is 10.1 Å². The molecule has 0 saturated heterocycles. The van der Waals surface area contributed by atoms with Gasteiger partial charge in [0.05, 0.1) is 7.11 Å². The molecule has 0 bridgehead atoms. The Kier molecular flexibility index (Phi) is 5.01. The molecule has 19 heavy (non-hydrogen) atoms. The summed E-state index contributed by atoms with van der Waals surface area (Å²) in [7, 11) is 1.64. The van der Waals surface area contributed by atoms with E-state index in [2.05, 4.69) is 5.32 Å². The van der Waals surface area contributed by atoms with Crippen LogP contribution >= 0.6 is 0 Å². The second-order valence-corrected chi connectivity index (χ2v) is 4.95. The number of carbonyl (C=O) groups excluding carboxylic acids is 1. The predicted octanol–water partition coefficient (Wildman–Crippen LogP) is 3.16. The number of methoxy groups -OCH3 is 1.